The van der Waals surface area contributed by atoms with E-state index in [1.54, 1.807) is 12.1 Å². The van der Waals surface area contributed by atoms with E-state index in [4.69, 9.17) is 4.74 Å². The smallest absolute Gasteiger partial charge is 0.285 e. The fraction of sp³-hybridized carbons (Fsp3) is 0.333. The molecule has 2 aromatic rings. The van der Waals surface area contributed by atoms with Crippen LogP contribution in [-0.2, 0) is 14.6 Å². The number of anilines is 1. The third-order valence-corrected chi connectivity index (χ3v) is 8.23. The molecule has 2 aliphatic rings. The molecule has 0 saturated carbocycles. The summed E-state index contributed by atoms with van der Waals surface area (Å²) in [5.74, 6) is 0.396. The first-order valence-corrected chi connectivity index (χ1v) is 12.1. The van der Waals surface area contributed by atoms with Gasteiger partial charge in [0.15, 0.2) is 21.6 Å². The lowest BCUT2D eigenvalue weighted by atomic mass is 10.1. The van der Waals surface area contributed by atoms with Gasteiger partial charge < -0.3 is 9.64 Å². The summed E-state index contributed by atoms with van der Waals surface area (Å²) in [7, 11) is -3.09. The molecule has 0 aromatic heterocycles. The van der Waals surface area contributed by atoms with Gasteiger partial charge in [0.1, 0.15) is 5.75 Å². The number of amides is 1. The molecular weight excluding hydrogens is 408 g/mol. The second-order valence-electron chi connectivity index (χ2n) is 7.35. The van der Waals surface area contributed by atoms with Gasteiger partial charge in [0.25, 0.3) is 5.91 Å². The summed E-state index contributed by atoms with van der Waals surface area (Å²) in [5, 5.41) is 0.423. The fourth-order valence-electron chi connectivity index (χ4n) is 3.63. The molecule has 0 radical (unpaired) electrons. The molecule has 8 heteroatoms. The number of carbonyl (C=O) groups excluding carboxylic acids is 1. The Kier molecular flexibility index (Phi) is 5.40. The highest BCUT2D eigenvalue weighted by atomic mass is 32.2. The number of para-hydroxylation sites is 1. The molecule has 2 saturated heterocycles. The van der Waals surface area contributed by atoms with E-state index in [0.29, 0.717) is 10.9 Å². The zero-order chi connectivity index (χ0) is 20.6. The van der Waals surface area contributed by atoms with Crippen LogP contribution in [0.4, 0.5) is 5.69 Å². The Hall–Kier alpha value is -2.32. The van der Waals surface area contributed by atoms with Crippen molar-refractivity contribution in [2.24, 2.45) is 4.99 Å². The molecule has 4 rings (SSSR count). The van der Waals surface area contributed by atoms with Crippen molar-refractivity contribution in [2.45, 2.75) is 25.1 Å². The van der Waals surface area contributed by atoms with E-state index < -0.39 is 15.7 Å². The number of hydrogen-bond donors (Lipinski definition) is 0. The number of amidine groups is 1. The van der Waals surface area contributed by atoms with Gasteiger partial charge in [0.2, 0.25) is 0 Å². The van der Waals surface area contributed by atoms with Crippen LogP contribution in [0.25, 0.3) is 0 Å². The van der Waals surface area contributed by atoms with Crippen LogP contribution >= 0.6 is 11.8 Å². The number of nitrogens with zero attached hydrogens (tertiary/aromatic N) is 2. The molecule has 2 heterocycles. The maximum Gasteiger partial charge on any atom is 0.285 e. The predicted molar refractivity (Wildman–Crippen MR) is 117 cm³/mol. The summed E-state index contributed by atoms with van der Waals surface area (Å²) >= 11 is 1.37. The zero-order valence-corrected chi connectivity index (χ0v) is 17.9. The molecule has 0 unspecified atom stereocenters. The quantitative estimate of drug-likeness (QED) is 0.742. The van der Waals surface area contributed by atoms with Crippen molar-refractivity contribution < 1.29 is 17.9 Å². The largest absolute Gasteiger partial charge is 0.484 e. The molecule has 0 spiro atoms. The van der Waals surface area contributed by atoms with Crippen molar-refractivity contribution in [1.82, 2.24) is 0 Å². The third kappa shape index (κ3) is 4.33. The van der Waals surface area contributed by atoms with Crippen molar-refractivity contribution in [1.29, 1.82) is 0 Å². The van der Waals surface area contributed by atoms with Crippen molar-refractivity contribution in [3.05, 3.63) is 59.7 Å². The number of rotatable bonds is 4. The van der Waals surface area contributed by atoms with Gasteiger partial charge >= 0.3 is 0 Å². The zero-order valence-electron chi connectivity index (χ0n) is 16.2. The first-order chi connectivity index (χ1) is 13.8. The molecule has 152 valence electrons. The number of fused-ring (bicyclic) bond motifs is 1. The Morgan fingerprint density at radius 1 is 1.17 bits per heavy atom. The molecule has 2 aliphatic heterocycles. The highest BCUT2D eigenvalue weighted by Crippen LogP contribution is 2.42. The summed E-state index contributed by atoms with van der Waals surface area (Å²) < 4.78 is 29.9. The van der Waals surface area contributed by atoms with Gasteiger partial charge in [-0.3, -0.25) is 4.79 Å². The normalized spacial score (nSPS) is 23.9. The Morgan fingerprint density at radius 3 is 2.69 bits per heavy atom. The second kappa shape index (κ2) is 7.84. The molecule has 1 amide bonds. The topological polar surface area (TPSA) is 76.0 Å². The van der Waals surface area contributed by atoms with Gasteiger partial charge in [-0.25, -0.2) is 8.42 Å². The summed E-state index contributed by atoms with van der Waals surface area (Å²) in [6.45, 7) is 3.81. The average Bonchev–Trinajstić information content (AvgIpc) is 3.14. The van der Waals surface area contributed by atoms with Gasteiger partial charge in [-0.2, -0.15) is 4.99 Å². The minimum Gasteiger partial charge on any atom is -0.484 e. The minimum absolute atomic E-state index is 0.0752. The van der Waals surface area contributed by atoms with Crippen molar-refractivity contribution in [2.75, 3.05) is 23.0 Å². The number of hydrogen-bond acceptors (Lipinski definition) is 5. The van der Waals surface area contributed by atoms with Crippen LogP contribution in [0.15, 0.2) is 53.5 Å². The third-order valence-electron chi connectivity index (χ3n) is 5.02. The Morgan fingerprint density at radius 2 is 1.93 bits per heavy atom. The van der Waals surface area contributed by atoms with Crippen LogP contribution in [0, 0.1) is 13.8 Å². The summed E-state index contributed by atoms with van der Waals surface area (Å²) in [6, 6.07) is 14.9. The van der Waals surface area contributed by atoms with Crippen LogP contribution in [0.1, 0.15) is 11.1 Å². The Balaban J connectivity index is 1.61. The lowest BCUT2D eigenvalue weighted by molar-refractivity contribution is -0.119. The molecular formula is C21H22N2O4S2. The van der Waals surface area contributed by atoms with Crippen LogP contribution in [0.3, 0.4) is 0 Å². The predicted octanol–water partition coefficient (Wildman–Crippen LogP) is 2.98. The van der Waals surface area contributed by atoms with E-state index >= 15 is 0 Å². The molecule has 0 aliphatic carbocycles. The van der Waals surface area contributed by atoms with Crippen LogP contribution in [0.2, 0.25) is 0 Å². The number of aryl methyl sites for hydroxylation is 2. The highest BCUT2D eigenvalue weighted by molar-refractivity contribution is 8.16. The highest BCUT2D eigenvalue weighted by Gasteiger charge is 2.49. The van der Waals surface area contributed by atoms with E-state index in [0.717, 1.165) is 16.8 Å². The summed E-state index contributed by atoms with van der Waals surface area (Å²) in [5.41, 5.74) is 2.98. The van der Waals surface area contributed by atoms with E-state index in [1.165, 1.54) is 11.8 Å². The maximum atomic E-state index is 12.5. The number of sulfone groups is 1. The van der Waals surface area contributed by atoms with E-state index in [9.17, 15) is 13.2 Å². The number of ether oxygens (including phenoxy) is 1. The average molecular weight is 431 g/mol. The Bertz CT molecular complexity index is 1070. The first kappa shape index (κ1) is 20.0. The molecule has 29 heavy (non-hydrogen) atoms. The molecule has 2 aromatic carbocycles. The lowest BCUT2D eigenvalue weighted by Gasteiger charge is -2.26. The van der Waals surface area contributed by atoms with Crippen molar-refractivity contribution in [3.8, 4) is 5.75 Å². The van der Waals surface area contributed by atoms with Gasteiger partial charge in [0.05, 0.1) is 17.5 Å². The van der Waals surface area contributed by atoms with Gasteiger partial charge in [-0.15, -0.1) is 0 Å². The fourth-order valence-corrected chi connectivity index (χ4v) is 7.55. The number of carbonyl (C=O) groups is 1. The van der Waals surface area contributed by atoms with Crippen LogP contribution in [0.5, 0.6) is 5.75 Å². The van der Waals surface area contributed by atoms with Gasteiger partial charge in [-0.05, 0) is 43.2 Å². The second-order valence-corrected chi connectivity index (χ2v) is 10.7. The minimum atomic E-state index is -3.09. The van der Waals surface area contributed by atoms with Crippen molar-refractivity contribution >= 4 is 38.4 Å². The van der Waals surface area contributed by atoms with Gasteiger partial charge in [0, 0.05) is 10.9 Å². The molecule has 6 nitrogen and oxygen atoms in total. The van der Waals surface area contributed by atoms with E-state index in [1.807, 2.05) is 55.1 Å². The number of benzene rings is 2. The molecule has 0 bridgehead atoms. The monoisotopic (exact) mass is 430 g/mol. The number of aliphatic imine (C=N–C) groups is 1. The Labute approximate surface area is 174 Å². The summed E-state index contributed by atoms with van der Waals surface area (Å²) in [4.78, 5) is 18.7. The molecule has 0 N–H and O–H groups in total. The van der Waals surface area contributed by atoms with E-state index in [-0.39, 0.29) is 29.4 Å². The molecule has 2 fully saturated rings. The van der Waals surface area contributed by atoms with Gasteiger partial charge in [-0.1, -0.05) is 42.1 Å². The van der Waals surface area contributed by atoms with Crippen molar-refractivity contribution in [3.63, 3.8) is 0 Å². The molecule has 2 atom stereocenters. The standard InChI is InChI=1S/C21H22N2O4S2/c1-14-8-9-15(2)17(10-14)23-18-12-29(25,26)13-19(18)28-21(23)22-20(24)11-27-16-6-4-3-5-7-16/h3-10,18-19H,11-13H2,1-2H3/t18-,19+/m0/s1. The van der Waals surface area contributed by atoms with Crippen LogP contribution < -0.4 is 9.64 Å². The first-order valence-electron chi connectivity index (χ1n) is 9.35. The SMILES string of the molecule is Cc1ccc(C)c(N2C(=NC(=O)COc3ccccc3)S[C@@H]3CS(=O)(=O)C[C@@H]32)c1. The van der Waals surface area contributed by atoms with Crippen LogP contribution in [-0.4, -0.2) is 48.9 Å². The lowest BCUT2D eigenvalue weighted by Crippen LogP contribution is -2.38. The summed E-state index contributed by atoms with van der Waals surface area (Å²) in [6.07, 6.45) is 0. The number of thioether (sulfide) groups is 1. The maximum absolute atomic E-state index is 12.5. The van der Waals surface area contributed by atoms with E-state index in [2.05, 4.69) is 4.99 Å².